The van der Waals surface area contributed by atoms with Crippen LogP contribution in [0.15, 0.2) is 6.07 Å². The van der Waals surface area contributed by atoms with E-state index in [0.717, 1.165) is 68.8 Å². The molecule has 2 aliphatic rings. The minimum Gasteiger partial charge on any atom is -0.300 e. The number of carbonyl (C=O) groups excluding carboxylic acids is 1. The first-order valence-corrected chi connectivity index (χ1v) is 8.20. The molecule has 1 saturated carbocycles. The standard InChI is InChI=1S/C17H25N3O/c1-12-11-13(2)19-17(18-12)14-7-9-20(10-8-14)15-3-5-16(21)6-4-15/h11,14-15H,3-10H2,1-2H3. The van der Waals surface area contributed by atoms with Gasteiger partial charge in [-0.2, -0.15) is 0 Å². The van der Waals surface area contributed by atoms with Crippen LogP contribution in [0.2, 0.25) is 0 Å². The number of hydrogen-bond acceptors (Lipinski definition) is 4. The summed E-state index contributed by atoms with van der Waals surface area (Å²) in [5.41, 5.74) is 2.15. The number of aromatic nitrogens is 2. The first kappa shape index (κ1) is 14.6. The van der Waals surface area contributed by atoms with E-state index in [4.69, 9.17) is 0 Å². The maximum atomic E-state index is 11.4. The summed E-state index contributed by atoms with van der Waals surface area (Å²) >= 11 is 0. The molecule has 1 aromatic rings. The van der Waals surface area contributed by atoms with Gasteiger partial charge < -0.3 is 4.90 Å². The number of piperidine rings is 1. The Morgan fingerprint density at radius 1 is 1.00 bits per heavy atom. The Bertz CT molecular complexity index is 491. The van der Waals surface area contributed by atoms with Crippen LogP contribution in [0.1, 0.15) is 61.7 Å². The lowest BCUT2D eigenvalue weighted by molar-refractivity contribution is -0.121. The molecule has 1 aliphatic carbocycles. The average Bonchev–Trinajstić information content (AvgIpc) is 2.47. The Kier molecular flexibility index (Phi) is 4.34. The quantitative estimate of drug-likeness (QED) is 0.839. The molecule has 0 aromatic carbocycles. The van der Waals surface area contributed by atoms with Gasteiger partial charge in [0.05, 0.1) is 0 Å². The van der Waals surface area contributed by atoms with Crippen molar-refractivity contribution in [1.29, 1.82) is 0 Å². The Hall–Kier alpha value is -1.29. The van der Waals surface area contributed by atoms with Gasteiger partial charge in [-0.05, 0) is 58.7 Å². The van der Waals surface area contributed by atoms with Crippen LogP contribution in [0.3, 0.4) is 0 Å². The molecule has 4 nitrogen and oxygen atoms in total. The van der Waals surface area contributed by atoms with Gasteiger partial charge in [0.15, 0.2) is 0 Å². The molecule has 0 atom stereocenters. The number of hydrogen-bond donors (Lipinski definition) is 0. The summed E-state index contributed by atoms with van der Waals surface area (Å²) in [7, 11) is 0. The van der Waals surface area contributed by atoms with Crippen molar-refractivity contribution in [3.05, 3.63) is 23.3 Å². The van der Waals surface area contributed by atoms with Crippen molar-refractivity contribution in [2.24, 2.45) is 0 Å². The van der Waals surface area contributed by atoms with Crippen LogP contribution >= 0.6 is 0 Å². The molecule has 1 aliphatic heterocycles. The monoisotopic (exact) mass is 287 g/mol. The molecule has 21 heavy (non-hydrogen) atoms. The van der Waals surface area contributed by atoms with Gasteiger partial charge >= 0.3 is 0 Å². The second-order valence-electron chi connectivity index (χ2n) is 6.59. The van der Waals surface area contributed by atoms with Crippen LogP contribution in [0, 0.1) is 13.8 Å². The highest BCUT2D eigenvalue weighted by Gasteiger charge is 2.29. The van der Waals surface area contributed by atoms with E-state index in [9.17, 15) is 4.79 Å². The van der Waals surface area contributed by atoms with E-state index in [1.165, 1.54) is 0 Å². The molecule has 4 heteroatoms. The van der Waals surface area contributed by atoms with Gasteiger partial charge in [0.25, 0.3) is 0 Å². The predicted molar refractivity (Wildman–Crippen MR) is 82.3 cm³/mol. The largest absolute Gasteiger partial charge is 0.300 e. The van der Waals surface area contributed by atoms with Gasteiger partial charge in [0, 0.05) is 36.2 Å². The van der Waals surface area contributed by atoms with Crippen LogP contribution in [-0.2, 0) is 4.79 Å². The van der Waals surface area contributed by atoms with E-state index in [0.29, 0.717) is 17.7 Å². The fraction of sp³-hybridized carbons (Fsp3) is 0.706. The highest BCUT2D eigenvalue weighted by Crippen LogP contribution is 2.30. The van der Waals surface area contributed by atoms with Crippen LogP contribution in [0.25, 0.3) is 0 Å². The zero-order valence-corrected chi connectivity index (χ0v) is 13.1. The van der Waals surface area contributed by atoms with Crippen molar-refractivity contribution in [1.82, 2.24) is 14.9 Å². The maximum Gasteiger partial charge on any atom is 0.133 e. The summed E-state index contributed by atoms with van der Waals surface area (Å²) in [5, 5.41) is 0. The Labute approximate surface area is 127 Å². The van der Waals surface area contributed by atoms with Crippen molar-refractivity contribution >= 4 is 5.78 Å². The zero-order valence-electron chi connectivity index (χ0n) is 13.1. The minimum absolute atomic E-state index is 0.449. The molecule has 0 bridgehead atoms. The zero-order chi connectivity index (χ0) is 14.8. The van der Waals surface area contributed by atoms with Crippen molar-refractivity contribution in [3.8, 4) is 0 Å². The summed E-state index contributed by atoms with van der Waals surface area (Å²) in [6, 6.07) is 2.67. The normalized spacial score (nSPS) is 22.7. The van der Waals surface area contributed by atoms with Crippen molar-refractivity contribution in [2.45, 2.75) is 64.3 Å². The molecule has 0 N–H and O–H groups in total. The van der Waals surface area contributed by atoms with Gasteiger partial charge in [-0.3, -0.25) is 4.79 Å². The summed E-state index contributed by atoms with van der Waals surface area (Å²) in [6.07, 6.45) is 5.98. The van der Waals surface area contributed by atoms with E-state index in [2.05, 4.69) is 14.9 Å². The number of aryl methyl sites for hydroxylation is 2. The lowest BCUT2D eigenvalue weighted by Gasteiger charge is -2.38. The topological polar surface area (TPSA) is 46.1 Å². The number of likely N-dealkylation sites (tertiary alicyclic amines) is 1. The molecule has 0 spiro atoms. The van der Waals surface area contributed by atoms with Gasteiger partial charge in [-0.25, -0.2) is 9.97 Å². The number of ketones is 1. The molecule has 2 heterocycles. The predicted octanol–water partition coefficient (Wildman–Crippen LogP) is 2.78. The first-order chi connectivity index (χ1) is 10.1. The second-order valence-corrected chi connectivity index (χ2v) is 6.59. The van der Waals surface area contributed by atoms with Crippen molar-refractivity contribution in [3.63, 3.8) is 0 Å². The van der Waals surface area contributed by atoms with Crippen LogP contribution in [0.4, 0.5) is 0 Å². The van der Waals surface area contributed by atoms with Gasteiger partial charge in [0.1, 0.15) is 11.6 Å². The molecule has 3 rings (SSSR count). The molecular formula is C17H25N3O. The number of carbonyl (C=O) groups is 1. The lowest BCUT2D eigenvalue weighted by atomic mass is 9.89. The van der Waals surface area contributed by atoms with Crippen molar-refractivity contribution < 1.29 is 4.79 Å². The second kappa shape index (κ2) is 6.22. The highest BCUT2D eigenvalue weighted by molar-refractivity contribution is 5.79. The number of rotatable bonds is 2. The van der Waals surface area contributed by atoms with E-state index < -0.39 is 0 Å². The van der Waals surface area contributed by atoms with Crippen LogP contribution < -0.4 is 0 Å². The van der Waals surface area contributed by atoms with Crippen molar-refractivity contribution in [2.75, 3.05) is 13.1 Å². The number of Topliss-reactive ketones (excluding diaryl/α,β-unsaturated/α-hetero) is 1. The molecule has 0 unspecified atom stereocenters. The molecule has 0 amide bonds. The first-order valence-electron chi connectivity index (χ1n) is 8.20. The molecule has 2 fully saturated rings. The fourth-order valence-corrected chi connectivity index (χ4v) is 3.75. The van der Waals surface area contributed by atoms with Crippen LogP contribution in [0.5, 0.6) is 0 Å². The summed E-state index contributed by atoms with van der Waals surface area (Å²) in [4.78, 5) is 23.2. The van der Waals surface area contributed by atoms with Gasteiger partial charge in [0.2, 0.25) is 0 Å². The average molecular weight is 287 g/mol. The molecule has 0 radical (unpaired) electrons. The van der Waals surface area contributed by atoms with E-state index in [1.54, 1.807) is 0 Å². The third kappa shape index (κ3) is 3.49. The lowest BCUT2D eigenvalue weighted by Crippen LogP contribution is -2.43. The molecule has 1 aromatic heterocycles. The van der Waals surface area contributed by atoms with E-state index in [-0.39, 0.29) is 0 Å². The Balaban J connectivity index is 1.58. The fourth-order valence-electron chi connectivity index (χ4n) is 3.75. The smallest absolute Gasteiger partial charge is 0.133 e. The Morgan fingerprint density at radius 3 is 2.14 bits per heavy atom. The molecule has 114 valence electrons. The van der Waals surface area contributed by atoms with E-state index in [1.807, 2.05) is 19.9 Å². The van der Waals surface area contributed by atoms with Gasteiger partial charge in [-0.1, -0.05) is 0 Å². The SMILES string of the molecule is Cc1cc(C)nc(C2CCN(C3CCC(=O)CC3)CC2)n1. The van der Waals surface area contributed by atoms with Crippen LogP contribution in [-0.4, -0.2) is 39.8 Å². The number of nitrogens with zero attached hydrogens (tertiary/aromatic N) is 3. The third-order valence-electron chi connectivity index (χ3n) is 4.92. The molecular weight excluding hydrogens is 262 g/mol. The Morgan fingerprint density at radius 2 is 1.57 bits per heavy atom. The van der Waals surface area contributed by atoms with E-state index >= 15 is 0 Å². The summed E-state index contributed by atoms with van der Waals surface area (Å²) < 4.78 is 0. The highest BCUT2D eigenvalue weighted by atomic mass is 16.1. The van der Waals surface area contributed by atoms with Gasteiger partial charge in [-0.15, -0.1) is 0 Å². The maximum absolute atomic E-state index is 11.4. The molecule has 1 saturated heterocycles. The third-order valence-corrected chi connectivity index (χ3v) is 4.92. The summed E-state index contributed by atoms with van der Waals surface area (Å²) in [5.74, 6) is 1.99. The summed E-state index contributed by atoms with van der Waals surface area (Å²) in [6.45, 7) is 6.35. The minimum atomic E-state index is 0.449.